The third kappa shape index (κ3) is 13.2. The molecule has 17 heavy (non-hydrogen) atoms. The van der Waals surface area contributed by atoms with Gasteiger partial charge in [-0.25, -0.2) is 0 Å². The highest BCUT2D eigenvalue weighted by molar-refractivity contribution is 7.69. The molecule has 0 saturated heterocycles. The smallest absolute Gasteiger partial charge is 0.243 e. The lowest BCUT2D eigenvalue weighted by molar-refractivity contribution is -0.861. The van der Waals surface area contributed by atoms with Gasteiger partial charge in [-0.1, -0.05) is 13.5 Å². The van der Waals surface area contributed by atoms with Crippen LogP contribution in [0.4, 0.5) is 0 Å². The van der Waals surface area contributed by atoms with Crippen molar-refractivity contribution >= 4 is 19.6 Å². The van der Waals surface area contributed by atoms with Crippen molar-refractivity contribution in [1.82, 2.24) is 0 Å². The minimum atomic E-state index is -1.36. The van der Waals surface area contributed by atoms with Crippen LogP contribution >= 0.6 is 8.15 Å². The molecule has 0 fully saturated rings. The molecular formula is C11H24N2O3P+. The average Bonchev–Trinajstić information content (AvgIpc) is 2.14. The highest BCUT2D eigenvalue weighted by atomic mass is 31.1. The average molecular weight is 263 g/mol. The Morgan fingerprint density at radius 3 is 1.88 bits per heavy atom. The van der Waals surface area contributed by atoms with Crippen LogP contribution in [0.25, 0.3) is 0 Å². The standard InChI is InChI=1S/C7H17NO2P.C4H7NO/c1-5-11(10)7(9)6-8(2,3)4;1-3(2)4(5)6/h10H,5-6H2,1-4H3;1H2,2H3,(H2,5,6)/q+1;. The zero-order valence-corrected chi connectivity index (χ0v) is 12.3. The first-order valence-corrected chi connectivity index (χ1v) is 6.74. The Hall–Kier alpha value is -0.770. The molecule has 0 aromatic heterocycles. The fraction of sp³-hybridized carbons (Fsp3) is 0.636. The molecule has 5 nitrogen and oxygen atoms in total. The molecule has 0 aliphatic heterocycles. The maximum atomic E-state index is 11.2. The van der Waals surface area contributed by atoms with Crippen LogP contribution in [0.2, 0.25) is 0 Å². The van der Waals surface area contributed by atoms with Gasteiger partial charge in [0, 0.05) is 5.57 Å². The summed E-state index contributed by atoms with van der Waals surface area (Å²) in [6, 6.07) is 0. The van der Waals surface area contributed by atoms with Crippen molar-refractivity contribution in [2.45, 2.75) is 13.8 Å². The van der Waals surface area contributed by atoms with E-state index in [1.54, 1.807) is 6.92 Å². The van der Waals surface area contributed by atoms with Gasteiger partial charge in [0.1, 0.15) is 14.7 Å². The SMILES string of the molecule is C=C(C)C(N)=O.CCP(O)C(=O)C[N+](C)(C)C. The molecule has 0 rings (SSSR count). The number of nitrogens with zero attached hydrogens (tertiary/aromatic N) is 1. The summed E-state index contributed by atoms with van der Waals surface area (Å²) < 4.78 is 0.595. The molecule has 1 unspecified atom stereocenters. The summed E-state index contributed by atoms with van der Waals surface area (Å²) in [5, 5.41) is 0. The van der Waals surface area contributed by atoms with E-state index in [9.17, 15) is 14.5 Å². The molecule has 0 radical (unpaired) electrons. The van der Waals surface area contributed by atoms with E-state index in [0.717, 1.165) is 0 Å². The minimum absolute atomic E-state index is 0.00463. The van der Waals surface area contributed by atoms with Crippen LogP contribution in [0, 0.1) is 0 Å². The van der Waals surface area contributed by atoms with Crippen LogP contribution in [0.1, 0.15) is 13.8 Å². The summed E-state index contributed by atoms with van der Waals surface area (Å²) in [5.41, 5.74) is 5.09. The van der Waals surface area contributed by atoms with Gasteiger partial charge in [-0.3, -0.25) is 9.59 Å². The lowest BCUT2D eigenvalue weighted by Crippen LogP contribution is -2.39. The van der Waals surface area contributed by atoms with E-state index in [1.165, 1.54) is 0 Å². The number of carbonyl (C=O) groups excluding carboxylic acids is 2. The summed E-state index contributed by atoms with van der Waals surface area (Å²) in [7, 11) is 4.47. The van der Waals surface area contributed by atoms with Gasteiger partial charge in [-0.15, -0.1) is 0 Å². The number of carbonyl (C=O) groups is 2. The van der Waals surface area contributed by atoms with Gasteiger partial charge in [0.05, 0.1) is 21.1 Å². The maximum absolute atomic E-state index is 11.2. The van der Waals surface area contributed by atoms with Gasteiger partial charge < -0.3 is 15.1 Å². The predicted octanol–water partition coefficient (Wildman–Crippen LogP) is 0.676. The first-order chi connectivity index (χ1) is 7.51. The molecule has 6 heteroatoms. The molecule has 1 atom stereocenters. The zero-order chi connectivity index (χ0) is 14.2. The van der Waals surface area contributed by atoms with Crippen molar-refractivity contribution in [2.24, 2.45) is 5.73 Å². The highest BCUT2D eigenvalue weighted by Crippen LogP contribution is 2.30. The minimum Gasteiger partial charge on any atom is -0.366 e. The second kappa shape index (κ2) is 8.34. The molecule has 0 heterocycles. The van der Waals surface area contributed by atoms with Crippen molar-refractivity contribution in [2.75, 3.05) is 33.8 Å². The van der Waals surface area contributed by atoms with E-state index < -0.39 is 14.1 Å². The Balaban J connectivity index is 0. The molecule has 0 aliphatic carbocycles. The van der Waals surface area contributed by atoms with E-state index in [-0.39, 0.29) is 5.52 Å². The Morgan fingerprint density at radius 2 is 1.71 bits per heavy atom. The van der Waals surface area contributed by atoms with E-state index in [0.29, 0.717) is 22.8 Å². The molecule has 0 bridgehead atoms. The largest absolute Gasteiger partial charge is 0.366 e. The summed E-state index contributed by atoms with van der Waals surface area (Å²) in [6.45, 7) is 7.11. The maximum Gasteiger partial charge on any atom is 0.243 e. The number of hydrogen-bond acceptors (Lipinski definition) is 3. The van der Waals surface area contributed by atoms with Crippen molar-refractivity contribution in [1.29, 1.82) is 0 Å². The zero-order valence-electron chi connectivity index (χ0n) is 11.4. The quantitative estimate of drug-likeness (QED) is 0.435. The Bertz CT molecular complexity index is 273. The lowest BCUT2D eigenvalue weighted by atomic mass is 10.3. The van der Waals surface area contributed by atoms with Crippen molar-refractivity contribution in [3.8, 4) is 0 Å². The van der Waals surface area contributed by atoms with Crippen molar-refractivity contribution in [3.05, 3.63) is 12.2 Å². The summed E-state index contributed by atoms with van der Waals surface area (Å²) in [4.78, 5) is 30.2. The number of rotatable bonds is 5. The summed E-state index contributed by atoms with van der Waals surface area (Å²) >= 11 is 0. The molecule has 0 aromatic carbocycles. The monoisotopic (exact) mass is 263 g/mol. The molecule has 100 valence electrons. The number of primary amides is 1. The Labute approximate surface area is 105 Å². The molecule has 0 saturated carbocycles. The van der Waals surface area contributed by atoms with Crippen molar-refractivity contribution in [3.63, 3.8) is 0 Å². The molecule has 0 aromatic rings. The van der Waals surface area contributed by atoms with Crippen LogP contribution in [-0.4, -0.2) is 54.7 Å². The molecule has 0 spiro atoms. The lowest BCUT2D eigenvalue weighted by Gasteiger charge is -2.23. The van der Waals surface area contributed by atoms with Crippen LogP contribution in [0.3, 0.4) is 0 Å². The van der Waals surface area contributed by atoms with E-state index in [1.807, 2.05) is 28.1 Å². The molecular weight excluding hydrogens is 239 g/mol. The first-order valence-electron chi connectivity index (χ1n) is 5.26. The van der Waals surface area contributed by atoms with Gasteiger partial charge in [-0.2, -0.15) is 0 Å². The van der Waals surface area contributed by atoms with Crippen LogP contribution < -0.4 is 5.73 Å². The predicted molar refractivity (Wildman–Crippen MR) is 71.6 cm³/mol. The van der Waals surface area contributed by atoms with E-state index >= 15 is 0 Å². The molecule has 1 amide bonds. The topological polar surface area (TPSA) is 80.4 Å². The number of hydrogen-bond donors (Lipinski definition) is 2. The third-order valence-corrected chi connectivity index (χ3v) is 2.93. The summed E-state index contributed by atoms with van der Waals surface area (Å²) in [5.74, 6) is -0.435. The van der Waals surface area contributed by atoms with Gasteiger partial charge in [0.25, 0.3) is 0 Å². The van der Waals surface area contributed by atoms with Gasteiger partial charge in [-0.05, 0) is 13.1 Å². The van der Waals surface area contributed by atoms with Crippen LogP contribution in [-0.2, 0) is 9.59 Å². The number of amides is 1. The van der Waals surface area contributed by atoms with Gasteiger partial charge in [0.15, 0.2) is 0 Å². The Kier molecular flexibility index (Phi) is 9.12. The normalized spacial score (nSPS) is 12.1. The number of quaternary nitrogens is 1. The second-order valence-electron chi connectivity index (χ2n) is 4.70. The fourth-order valence-electron chi connectivity index (χ4n) is 0.664. The van der Waals surface area contributed by atoms with Crippen LogP contribution in [0.15, 0.2) is 12.2 Å². The number of nitrogens with two attached hydrogens (primary N) is 1. The van der Waals surface area contributed by atoms with Crippen molar-refractivity contribution < 1.29 is 19.0 Å². The van der Waals surface area contributed by atoms with Gasteiger partial charge >= 0.3 is 0 Å². The second-order valence-corrected chi connectivity index (χ2v) is 6.63. The fourth-order valence-corrected chi connectivity index (χ4v) is 1.60. The van der Waals surface area contributed by atoms with E-state index in [4.69, 9.17) is 5.73 Å². The highest BCUT2D eigenvalue weighted by Gasteiger charge is 2.20. The molecule has 0 aliphatic rings. The molecule has 3 N–H and O–H groups in total. The van der Waals surface area contributed by atoms with E-state index in [2.05, 4.69) is 6.58 Å². The third-order valence-electron chi connectivity index (χ3n) is 1.62. The Morgan fingerprint density at radius 1 is 1.35 bits per heavy atom. The number of likely N-dealkylation sites (N-methyl/N-ethyl adjacent to an activating group) is 1. The summed E-state index contributed by atoms with van der Waals surface area (Å²) in [6.07, 6.45) is 0.578. The van der Waals surface area contributed by atoms with Crippen LogP contribution in [0.5, 0.6) is 0 Å². The first kappa shape index (κ1) is 18.6. The van der Waals surface area contributed by atoms with Gasteiger partial charge in [0.2, 0.25) is 11.4 Å².